The molecule has 0 N–H and O–H groups in total. The van der Waals surface area contributed by atoms with E-state index < -0.39 is 0 Å². The molecule has 1 aliphatic heterocycles. The third-order valence-electron chi connectivity index (χ3n) is 1.73. The third kappa shape index (κ3) is 1.55. The summed E-state index contributed by atoms with van der Waals surface area (Å²) in [6.07, 6.45) is 10.8. The second kappa shape index (κ2) is 3.35. The van der Waals surface area contributed by atoms with Gasteiger partial charge in [-0.3, -0.25) is 0 Å². The average Bonchev–Trinajstić information content (AvgIpc) is 2.38. The minimum absolute atomic E-state index is 0.894. The minimum atomic E-state index is 0.894. The van der Waals surface area contributed by atoms with E-state index in [0.717, 1.165) is 12.1 Å². The molecule has 0 aromatic heterocycles. The van der Waals surface area contributed by atoms with Gasteiger partial charge in [-0.15, -0.1) is 0 Å². The van der Waals surface area contributed by atoms with Gasteiger partial charge in [-0.05, 0) is 34.2 Å². The van der Waals surface area contributed by atoms with E-state index in [1.807, 2.05) is 18.2 Å². The van der Waals surface area contributed by atoms with Crippen molar-refractivity contribution in [2.45, 2.75) is 6.42 Å². The molecule has 0 fully saturated rings. The molecule has 0 saturated heterocycles. The summed E-state index contributed by atoms with van der Waals surface area (Å²) in [5.74, 6) is 0. The quantitative estimate of drug-likeness (QED) is 0.602. The molecule has 0 unspecified atom stereocenters. The summed E-state index contributed by atoms with van der Waals surface area (Å²) in [6.45, 7) is 0. The highest BCUT2D eigenvalue weighted by Gasteiger charge is 2.08. The Balaban J connectivity index is 2.49. The molecule has 2 bridgehead atoms. The van der Waals surface area contributed by atoms with Crippen molar-refractivity contribution in [1.82, 2.24) is 0 Å². The van der Waals surface area contributed by atoms with Gasteiger partial charge >= 0.3 is 0 Å². The van der Waals surface area contributed by atoms with Crippen molar-refractivity contribution >= 4 is 22.6 Å². The molecule has 2 aliphatic rings. The molecule has 0 saturated carbocycles. The highest BCUT2D eigenvalue weighted by Crippen LogP contribution is 2.29. The molecule has 1 aliphatic carbocycles. The van der Waals surface area contributed by atoms with Crippen LogP contribution in [0.1, 0.15) is 6.42 Å². The molecule has 0 spiro atoms. The zero-order valence-corrected chi connectivity index (χ0v) is 8.52. The Morgan fingerprint density at radius 1 is 1.25 bits per heavy atom. The largest absolute Gasteiger partial charge is 0.158 e. The molecule has 0 aromatic rings. The number of hydrogen-bond acceptors (Lipinski definition) is 2. The van der Waals surface area contributed by atoms with Crippen molar-refractivity contribution in [1.29, 1.82) is 0 Å². The lowest BCUT2D eigenvalue weighted by Gasteiger charge is -1.99. The molecule has 12 heavy (non-hydrogen) atoms. The van der Waals surface area contributed by atoms with Gasteiger partial charge in [0, 0.05) is 10.0 Å². The van der Waals surface area contributed by atoms with E-state index in [0.29, 0.717) is 0 Å². The Morgan fingerprint density at radius 2 is 2.08 bits per heavy atom. The Morgan fingerprint density at radius 3 is 3.00 bits per heavy atom. The second-order valence-electron chi connectivity index (χ2n) is 2.60. The van der Waals surface area contributed by atoms with Gasteiger partial charge in [-0.2, -0.15) is 10.2 Å². The van der Waals surface area contributed by atoms with Crippen LogP contribution in [0.25, 0.3) is 0 Å². The second-order valence-corrected chi connectivity index (χ2v) is 3.77. The maximum Gasteiger partial charge on any atom is 0.0674 e. The molecule has 2 rings (SSSR count). The zero-order valence-electron chi connectivity index (χ0n) is 6.37. The first-order valence-corrected chi connectivity index (χ1v) is 4.77. The number of halogens is 1. The zero-order chi connectivity index (χ0) is 8.39. The van der Waals surface area contributed by atoms with Crippen LogP contribution in [0.15, 0.2) is 55.6 Å². The average molecular weight is 270 g/mol. The van der Waals surface area contributed by atoms with Gasteiger partial charge in [0.1, 0.15) is 0 Å². The van der Waals surface area contributed by atoms with Gasteiger partial charge < -0.3 is 0 Å². The van der Waals surface area contributed by atoms with Crippen LogP contribution in [-0.2, 0) is 0 Å². The number of nitrogens with zero attached hydrogens (tertiary/aromatic N) is 2. The predicted molar refractivity (Wildman–Crippen MR) is 56.9 cm³/mol. The van der Waals surface area contributed by atoms with Crippen LogP contribution in [0.2, 0.25) is 0 Å². The topological polar surface area (TPSA) is 24.7 Å². The molecule has 0 amide bonds. The lowest BCUT2D eigenvalue weighted by Crippen LogP contribution is -1.81. The number of azo groups is 1. The van der Waals surface area contributed by atoms with Gasteiger partial charge in [0.15, 0.2) is 0 Å². The molecule has 1 heterocycles. The number of hydrogen-bond donors (Lipinski definition) is 0. The van der Waals surface area contributed by atoms with Crippen molar-refractivity contribution in [3.63, 3.8) is 0 Å². The summed E-state index contributed by atoms with van der Waals surface area (Å²) in [5, 5.41) is 8.02. The van der Waals surface area contributed by atoms with E-state index in [1.165, 1.54) is 9.15 Å². The van der Waals surface area contributed by atoms with Crippen LogP contribution in [0.5, 0.6) is 0 Å². The highest BCUT2D eigenvalue weighted by atomic mass is 127. The molecule has 60 valence electrons. The first-order valence-electron chi connectivity index (χ1n) is 3.69. The lowest BCUT2D eigenvalue weighted by molar-refractivity contribution is 1.06. The maximum absolute atomic E-state index is 4.07. The van der Waals surface area contributed by atoms with E-state index in [-0.39, 0.29) is 0 Å². The summed E-state index contributed by atoms with van der Waals surface area (Å²) < 4.78 is 1.17. The maximum atomic E-state index is 4.07. The first kappa shape index (κ1) is 7.91. The van der Waals surface area contributed by atoms with E-state index in [2.05, 4.69) is 38.9 Å². The molecule has 0 radical (unpaired) electrons. The summed E-state index contributed by atoms with van der Waals surface area (Å²) >= 11 is 2.28. The van der Waals surface area contributed by atoms with Gasteiger partial charge in [0.2, 0.25) is 0 Å². The van der Waals surface area contributed by atoms with Crippen molar-refractivity contribution in [3.05, 3.63) is 45.4 Å². The number of rotatable bonds is 0. The minimum Gasteiger partial charge on any atom is -0.158 e. The van der Waals surface area contributed by atoms with E-state index in [4.69, 9.17) is 0 Å². The summed E-state index contributed by atoms with van der Waals surface area (Å²) in [7, 11) is 0. The van der Waals surface area contributed by atoms with Gasteiger partial charge in [-0.1, -0.05) is 18.2 Å². The Labute approximate surface area is 84.6 Å². The van der Waals surface area contributed by atoms with Gasteiger partial charge in [0.05, 0.1) is 11.9 Å². The fraction of sp³-hybridized carbons (Fsp3) is 0.111. The van der Waals surface area contributed by atoms with Crippen molar-refractivity contribution in [3.8, 4) is 0 Å². The van der Waals surface area contributed by atoms with E-state index >= 15 is 0 Å². The fourth-order valence-corrected chi connectivity index (χ4v) is 1.62. The van der Waals surface area contributed by atoms with Crippen LogP contribution in [0, 0.1) is 0 Å². The summed E-state index contributed by atoms with van der Waals surface area (Å²) in [6, 6.07) is 0. The van der Waals surface area contributed by atoms with Crippen molar-refractivity contribution in [2.75, 3.05) is 0 Å². The Kier molecular flexibility index (Phi) is 2.21. The Bertz CT molecular complexity index is 346. The molecule has 3 heteroatoms. The third-order valence-corrected chi connectivity index (χ3v) is 2.70. The smallest absolute Gasteiger partial charge is 0.0674 e. The Hall–Kier alpha value is -0.710. The fourth-order valence-electron chi connectivity index (χ4n) is 1.12. The van der Waals surface area contributed by atoms with E-state index in [1.54, 1.807) is 6.20 Å². The molecular weight excluding hydrogens is 263 g/mol. The van der Waals surface area contributed by atoms with Crippen LogP contribution in [0.4, 0.5) is 0 Å². The van der Waals surface area contributed by atoms with Crippen LogP contribution in [-0.4, -0.2) is 0 Å². The molecule has 2 nitrogen and oxygen atoms in total. The molecular formula is C9H7IN2. The van der Waals surface area contributed by atoms with Crippen LogP contribution < -0.4 is 0 Å². The normalized spacial score (nSPS) is 20.6. The van der Waals surface area contributed by atoms with Crippen LogP contribution in [0.3, 0.4) is 0 Å². The van der Waals surface area contributed by atoms with E-state index in [9.17, 15) is 0 Å². The number of allylic oxidation sites excluding steroid dienone is 6. The highest BCUT2D eigenvalue weighted by molar-refractivity contribution is 14.1. The predicted octanol–water partition coefficient (Wildman–Crippen LogP) is 3.50. The van der Waals surface area contributed by atoms with Gasteiger partial charge in [0.25, 0.3) is 0 Å². The monoisotopic (exact) mass is 270 g/mol. The summed E-state index contributed by atoms with van der Waals surface area (Å²) in [5.41, 5.74) is 2.32. The van der Waals surface area contributed by atoms with Crippen molar-refractivity contribution < 1.29 is 0 Å². The SMILES string of the molecule is IC1=CN=NC2=CC=CC=C1C2. The van der Waals surface area contributed by atoms with Crippen LogP contribution >= 0.6 is 22.6 Å². The van der Waals surface area contributed by atoms with Gasteiger partial charge in [-0.25, -0.2) is 0 Å². The summed E-state index contributed by atoms with van der Waals surface area (Å²) in [4.78, 5) is 0. The molecule has 0 aromatic carbocycles. The molecule has 0 atom stereocenters. The first-order chi connectivity index (χ1) is 5.86. The standard InChI is InChI=1S/C9H7IN2/c10-9-6-11-12-8-4-2-1-3-7(9)5-8/h1-4,6H,5H2. The number of fused-ring (bicyclic) bond motifs is 2. The van der Waals surface area contributed by atoms with Crippen molar-refractivity contribution in [2.24, 2.45) is 10.2 Å². The lowest BCUT2D eigenvalue weighted by atomic mass is 10.1.